The van der Waals surface area contributed by atoms with E-state index in [4.69, 9.17) is 14.9 Å². The lowest BCUT2D eigenvalue weighted by molar-refractivity contribution is -0.171. The Morgan fingerprint density at radius 2 is 2.20 bits per heavy atom. The Morgan fingerprint density at radius 1 is 1.50 bits per heavy atom. The van der Waals surface area contributed by atoms with E-state index in [-0.39, 0.29) is 12.6 Å². The van der Waals surface area contributed by atoms with Gasteiger partial charge in [0, 0.05) is 0 Å². The van der Waals surface area contributed by atoms with Gasteiger partial charge in [0.25, 0.3) is 0 Å². The SMILES string of the molecule is CNC1CC(O)COC1O. The van der Waals surface area contributed by atoms with E-state index < -0.39 is 12.4 Å². The van der Waals surface area contributed by atoms with Gasteiger partial charge in [-0.25, -0.2) is 0 Å². The van der Waals surface area contributed by atoms with Gasteiger partial charge in [-0.05, 0) is 13.5 Å². The zero-order chi connectivity index (χ0) is 7.56. The molecule has 1 rings (SSSR count). The highest BCUT2D eigenvalue weighted by molar-refractivity contribution is 4.76. The highest BCUT2D eigenvalue weighted by Crippen LogP contribution is 2.11. The van der Waals surface area contributed by atoms with E-state index in [0.29, 0.717) is 6.42 Å². The summed E-state index contributed by atoms with van der Waals surface area (Å²) in [7, 11) is 1.73. The zero-order valence-corrected chi connectivity index (χ0v) is 5.95. The maximum absolute atomic E-state index is 9.09. The molecule has 1 aliphatic heterocycles. The van der Waals surface area contributed by atoms with Crippen LogP contribution in [0.2, 0.25) is 0 Å². The molecule has 1 aliphatic rings. The fourth-order valence-corrected chi connectivity index (χ4v) is 1.06. The van der Waals surface area contributed by atoms with Crippen molar-refractivity contribution < 1.29 is 14.9 Å². The van der Waals surface area contributed by atoms with Crippen LogP contribution in [0.4, 0.5) is 0 Å². The Balaban J connectivity index is 2.38. The highest BCUT2D eigenvalue weighted by Gasteiger charge is 2.27. The average molecular weight is 147 g/mol. The fourth-order valence-electron chi connectivity index (χ4n) is 1.06. The lowest BCUT2D eigenvalue weighted by Gasteiger charge is -2.30. The lowest BCUT2D eigenvalue weighted by atomic mass is 10.1. The van der Waals surface area contributed by atoms with E-state index in [2.05, 4.69) is 5.32 Å². The minimum absolute atomic E-state index is 0.135. The second kappa shape index (κ2) is 3.30. The van der Waals surface area contributed by atoms with Gasteiger partial charge in [-0.2, -0.15) is 0 Å². The minimum Gasteiger partial charge on any atom is -0.391 e. The van der Waals surface area contributed by atoms with Gasteiger partial charge in [-0.3, -0.25) is 0 Å². The zero-order valence-electron chi connectivity index (χ0n) is 5.95. The molecule has 0 aromatic carbocycles. The van der Waals surface area contributed by atoms with E-state index >= 15 is 0 Å². The number of rotatable bonds is 1. The average Bonchev–Trinajstić information content (AvgIpc) is 1.94. The number of nitrogens with one attached hydrogen (secondary N) is 1. The summed E-state index contributed by atoms with van der Waals surface area (Å²) in [6.07, 6.45) is -0.660. The maximum Gasteiger partial charge on any atom is 0.170 e. The molecule has 3 unspecified atom stereocenters. The summed E-state index contributed by atoms with van der Waals surface area (Å²) in [5.41, 5.74) is 0. The number of ether oxygens (including phenoxy) is 1. The van der Waals surface area contributed by atoms with E-state index in [1.54, 1.807) is 7.05 Å². The molecule has 3 N–H and O–H groups in total. The standard InChI is InChI=1S/C6H13NO3/c1-7-5-2-4(8)3-10-6(5)9/h4-9H,2-3H2,1H3. The molecule has 4 nitrogen and oxygen atoms in total. The monoisotopic (exact) mass is 147 g/mol. The molecule has 0 aliphatic carbocycles. The molecule has 0 saturated carbocycles. The Hall–Kier alpha value is -0.160. The van der Waals surface area contributed by atoms with Crippen LogP contribution in [0.5, 0.6) is 0 Å². The lowest BCUT2D eigenvalue weighted by Crippen LogP contribution is -2.47. The summed E-state index contributed by atoms with van der Waals surface area (Å²) >= 11 is 0. The van der Waals surface area contributed by atoms with Crippen LogP contribution in [0.1, 0.15) is 6.42 Å². The predicted octanol–water partition coefficient (Wildman–Crippen LogP) is -1.33. The number of hydrogen-bond donors (Lipinski definition) is 3. The van der Waals surface area contributed by atoms with Crippen molar-refractivity contribution in [3.05, 3.63) is 0 Å². The Morgan fingerprint density at radius 3 is 2.70 bits per heavy atom. The van der Waals surface area contributed by atoms with Crippen LogP contribution in [-0.4, -0.2) is 42.3 Å². The van der Waals surface area contributed by atoms with Crippen molar-refractivity contribution in [1.29, 1.82) is 0 Å². The van der Waals surface area contributed by atoms with Crippen LogP contribution < -0.4 is 5.32 Å². The molecular weight excluding hydrogens is 134 g/mol. The molecule has 0 aromatic heterocycles. The first kappa shape index (κ1) is 7.94. The molecule has 0 spiro atoms. The van der Waals surface area contributed by atoms with Crippen LogP contribution in [-0.2, 0) is 4.74 Å². The first-order chi connectivity index (χ1) is 4.74. The Kier molecular flexibility index (Phi) is 2.62. The largest absolute Gasteiger partial charge is 0.391 e. The molecule has 0 aromatic rings. The van der Waals surface area contributed by atoms with E-state index in [1.807, 2.05) is 0 Å². The van der Waals surface area contributed by atoms with Crippen LogP contribution >= 0.6 is 0 Å². The third-order valence-corrected chi connectivity index (χ3v) is 1.70. The van der Waals surface area contributed by atoms with Crippen molar-refractivity contribution >= 4 is 0 Å². The van der Waals surface area contributed by atoms with Crippen LogP contribution in [0.3, 0.4) is 0 Å². The predicted molar refractivity (Wildman–Crippen MR) is 35.4 cm³/mol. The molecule has 10 heavy (non-hydrogen) atoms. The Labute approximate surface area is 59.8 Å². The first-order valence-electron chi connectivity index (χ1n) is 3.39. The minimum atomic E-state index is -0.770. The quantitative estimate of drug-likeness (QED) is 0.430. The third-order valence-electron chi connectivity index (χ3n) is 1.70. The van der Waals surface area contributed by atoms with Crippen molar-refractivity contribution in [2.75, 3.05) is 13.7 Å². The van der Waals surface area contributed by atoms with Crippen molar-refractivity contribution in [1.82, 2.24) is 5.32 Å². The second-order valence-electron chi connectivity index (χ2n) is 2.51. The summed E-state index contributed by atoms with van der Waals surface area (Å²) in [6.45, 7) is 0.235. The van der Waals surface area contributed by atoms with Crippen molar-refractivity contribution in [2.24, 2.45) is 0 Å². The van der Waals surface area contributed by atoms with Gasteiger partial charge in [-0.1, -0.05) is 0 Å². The van der Waals surface area contributed by atoms with Gasteiger partial charge in [0.05, 0.1) is 18.8 Å². The molecule has 1 heterocycles. The molecule has 0 amide bonds. The number of likely N-dealkylation sites (N-methyl/N-ethyl adjacent to an activating group) is 1. The summed E-state index contributed by atoms with van der Waals surface area (Å²) in [6, 6.07) is -0.135. The van der Waals surface area contributed by atoms with E-state index in [9.17, 15) is 0 Å². The number of aliphatic hydroxyl groups is 2. The summed E-state index contributed by atoms with van der Waals surface area (Å²) in [5.74, 6) is 0. The topological polar surface area (TPSA) is 61.7 Å². The summed E-state index contributed by atoms with van der Waals surface area (Å²) in [5, 5.41) is 21.0. The van der Waals surface area contributed by atoms with Gasteiger partial charge in [-0.15, -0.1) is 0 Å². The van der Waals surface area contributed by atoms with Gasteiger partial charge in [0.15, 0.2) is 6.29 Å². The molecule has 1 saturated heterocycles. The number of hydrogen-bond acceptors (Lipinski definition) is 4. The van der Waals surface area contributed by atoms with Crippen molar-refractivity contribution in [2.45, 2.75) is 24.9 Å². The van der Waals surface area contributed by atoms with Gasteiger partial charge < -0.3 is 20.3 Å². The third kappa shape index (κ3) is 1.67. The van der Waals surface area contributed by atoms with Crippen molar-refractivity contribution in [3.63, 3.8) is 0 Å². The smallest absolute Gasteiger partial charge is 0.170 e. The van der Waals surface area contributed by atoms with Crippen LogP contribution in [0.15, 0.2) is 0 Å². The van der Waals surface area contributed by atoms with Gasteiger partial charge in [0.1, 0.15) is 0 Å². The van der Waals surface area contributed by atoms with Crippen molar-refractivity contribution in [3.8, 4) is 0 Å². The van der Waals surface area contributed by atoms with Crippen LogP contribution in [0, 0.1) is 0 Å². The van der Waals surface area contributed by atoms with Gasteiger partial charge >= 0.3 is 0 Å². The number of aliphatic hydroxyl groups excluding tert-OH is 2. The highest BCUT2D eigenvalue weighted by atomic mass is 16.6. The summed E-state index contributed by atoms with van der Waals surface area (Å²) < 4.78 is 4.84. The van der Waals surface area contributed by atoms with E-state index in [0.717, 1.165) is 0 Å². The van der Waals surface area contributed by atoms with Gasteiger partial charge in [0.2, 0.25) is 0 Å². The molecular formula is C6H13NO3. The second-order valence-corrected chi connectivity index (χ2v) is 2.51. The molecule has 0 bridgehead atoms. The fraction of sp³-hybridized carbons (Fsp3) is 1.00. The Bertz CT molecular complexity index is 109. The summed E-state index contributed by atoms with van der Waals surface area (Å²) in [4.78, 5) is 0. The first-order valence-corrected chi connectivity index (χ1v) is 3.39. The molecule has 1 fully saturated rings. The van der Waals surface area contributed by atoms with Crippen LogP contribution in [0.25, 0.3) is 0 Å². The molecule has 3 atom stereocenters. The molecule has 4 heteroatoms. The molecule has 60 valence electrons. The molecule has 0 radical (unpaired) electrons. The maximum atomic E-state index is 9.09. The van der Waals surface area contributed by atoms with E-state index in [1.165, 1.54) is 0 Å². The normalized spacial score (nSPS) is 41.7.